The van der Waals surface area contributed by atoms with E-state index in [2.05, 4.69) is 31.0 Å². The number of rotatable bonds is 1. The van der Waals surface area contributed by atoms with Crippen LogP contribution in [0.5, 0.6) is 0 Å². The molecule has 14 heavy (non-hydrogen) atoms. The molecule has 0 amide bonds. The number of nitrogens with two attached hydrogens (primary N) is 1. The molecule has 4 heteroatoms. The van der Waals surface area contributed by atoms with E-state index >= 15 is 0 Å². The third-order valence-electron chi connectivity index (χ3n) is 2.13. The number of nitrogens with zero attached hydrogens (tertiary/aromatic N) is 2. The molecule has 0 radical (unpaired) electrons. The SMILES string of the molecule is CC.C[C@H](c1nnc(N)o1)C(C)(C)C. The van der Waals surface area contributed by atoms with Crippen molar-refractivity contribution in [2.45, 2.75) is 47.5 Å². The van der Waals surface area contributed by atoms with Gasteiger partial charge >= 0.3 is 6.01 Å². The van der Waals surface area contributed by atoms with Gasteiger partial charge in [-0.2, -0.15) is 0 Å². The summed E-state index contributed by atoms with van der Waals surface area (Å²) in [6.45, 7) is 12.4. The fraction of sp³-hybridized carbons (Fsp3) is 0.800. The molecule has 0 aliphatic heterocycles. The van der Waals surface area contributed by atoms with Gasteiger partial charge in [0.25, 0.3) is 0 Å². The molecule has 0 saturated carbocycles. The molecule has 0 aliphatic carbocycles. The molecule has 1 atom stereocenters. The topological polar surface area (TPSA) is 64.9 Å². The van der Waals surface area contributed by atoms with Gasteiger partial charge in [-0.05, 0) is 5.41 Å². The summed E-state index contributed by atoms with van der Waals surface area (Å²) in [6.07, 6.45) is 0. The molecule has 0 aliphatic rings. The maximum absolute atomic E-state index is 5.32. The zero-order valence-corrected chi connectivity index (χ0v) is 9.96. The molecule has 82 valence electrons. The van der Waals surface area contributed by atoms with Crippen LogP contribution in [-0.2, 0) is 0 Å². The van der Waals surface area contributed by atoms with E-state index in [1.807, 2.05) is 20.8 Å². The molecule has 1 aromatic rings. The molecular weight excluding hydrogens is 178 g/mol. The Hall–Kier alpha value is -1.06. The van der Waals surface area contributed by atoms with Crippen molar-refractivity contribution in [2.24, 2.45) is 5.41 Å². The molecular formula is C10H21N3O. The third-order valence-corrected chi connectivity index (χ3v) is 2.13. The van der Waals surface area contributed by atoms with Crippen LogP contribution in [-0.4, -0.2) is 10.2 Å². The predicted molar refractivity (Wildman–Crippen MR) is 57.9 cm³/mol. The zero-order chi connectivity index (χ0) is 11.4. The highest BCUT2D eigenvalue weighted by Gasteiger charge is 2.26. The van der Waals surface area contributed by atoms with Gasteiger partial charge in [-0.15, -0.1) is 5.10 Å². The van der Waals surface area contributed by atoms with Crippen LogP contribution < -0.4 is 5.73 Å². The maximum Gasteiger partial charge on any atom is 0.312 e. The Labute approximate surface area is 85.9 Å². The Balaban J connectivity index is 0.000000791. The normalized spacial score (nSPS) is 13.0. The van der Waals surface area contributed by atoms with Gasteiger partial charge in [0.1, 0.15) is 0 Å². The van der Waals surface area contributed by atoms with Crippen LogP contribution in [0.4, 0.5) is 6.01 Å². The molecule has 0 fully saturated rings. The van der Waals surface area contributed by atoms with Crippen molar-refractivity contribution in [3.63, 3.8) is 0 Å². The second-order valence-electron chi connectivity index (χ2n) is 4.07. The molecule has 1 rings (SSSR count). The van der Waals surface area contributed by atoms with Gasteiger partial charge in [-0.3, -0.25) is 0 Å². The molecule has 4 nitrogen and oxygen atoms in total. The third kappa shape index (κ3) is 3.36. The molecule has 0 aromatic carbocycles. The van der Waals surface area contributed by atoms with Crippen LogP contribution in [0.25, 0.3) is 0 Å². The number of anilines is 1. The number of nitrogen functional groups attached to an aromatic ring is 1. The average molecular weight is 199 g/mol. The minimum absolute atomic E-state index is 0.124. The number of hydrogen-bond acceptors (Lipinski definition) is 4. The summed E-state index contributed by atoms with van der Waals surface area (Å²) >= 11 is 0. The van der Waals surface area contributed by atoms with Gasteiger partial charge in [0.05, 0.1) is 0 Å². The van der Waals surface area contributed by atoms with Crippen molar-refractivity contribution in [3.05, 3.63) is 5.89 Å². The van der Waals surface area contributed by atoms with Gasteiger partial charge < -0.3 is 10.2 Å². The summed E-state index contributed by atoms with van der Waals surface area (Å²) in [5.74, 6) is 0.835. The first-order chi connectivity index (χ1) is 6.41. The van der Waals surface area contributed by atoms with Crippen LogP contribution in [0.1, 0.15) is 53.4 Å². The largest absolute Gasteiger partial charge is 0.408 e. The van der Waals surface area contributed by atoms with Crippen LogP contribution in [0.15, 0.2) is 4.42 Å². The highest BCUT2D eigenvalue weighted by atomic mass is 16.4. The Morgan fingerprint density at radius 1 is 1.21 bits per heavy atom. The van der Waals surface area contributed by atoms with E-state index in [-0.39, 0.29) is 17.3 Å². The van der Waals surface area contributed by atoms with Crippen LogP contribution in [0, 0.1) is 5.41 Å². The van der Waals surface area contributed by atoms with E-state index in [0.717, 1.165) is 0 Å². The lowest BCUT2D eigenvalue weighted by Crippen LogP contribution is -2.15. The average Bonchev–Trinajstić information content (AvgIpc) is 2.52. The Bertz CT molecular complexity index is 263. The summed E-state index contributed by atoms with van der Waals surface area (Å²) in [4.78, 5) is 0. The summed E-state index contributed by atoms with van der Waals surface area (Å²) < 4.78 is 5.13. The molecule has 1 heterocycles. The highest BCUT2D eigenvalue weighted by Crippen LogP contribution is 2.33. The van der Waals surface area contributed by atoms with Crippen LogP contribution in [0.2, 0.25) is 0 Å². The Kier molecular flexibility index (Phi) is 4.60. The fourth-order valence-electron chi connectivity index (χ4n) is 0.792. The van der Waals surface area contributed by atoms with Crippen molar-refractivity contribution >= 4 is 6.01 Å². The van der Waals surface area contributed by atoms with Gasteiger partial charge in [-0.25, -0.2) is 0 Å². The van der Waals surface area contributed by atoms with Crippen LogP contribution >= 0.6 is 0 Å². The number of aromatic nitrogens is 2. The van der Waals surface area contributed by atoms with Crippen molar-refractivity contribution in [1.29, 1.82) is 0 Å². The molecule has 2 N–H and O–H groups in total. The van der Waals surface area contributed by atoms with Gasteiger partial charge in [0.2, 0.25) is 5.89 Å². The quantitative estimate of drug-likeness (QED) is 0.755. The second-order valence-corrected chi connectivity index (χ2v) is 4.07. The predicted octanol–water partition coefficient (Wildman–Crippen LogP) is 2.83. The monoisotopic (exact) mass is 199 g/mol. The summed E-state index contributed by atoms with van der Waals surface area (Å²) in [6, 6.07) is 0.140. The number of hydrogen-bond donors (Lipinski definition) is 1. The summed E-state index contributed by atoms with van der Waals surface area (Å²) in [7, 11) is 0. The van der Waals surface area contributed by atoms with Gasteiger partial charge in [0.15, 0.2) is 0 Å². The van der Waals surface area contributed by atoms with Crippen LogP contribution in [0.3, 0.4) is 0 Å². The Morgan fingerprint density at radius 3 is 2.00 bits per heavy atom. The van der Waals surface area contributed by atoms with E-state index in [4.69, 9.17) is 10.2 Å². The van der Waals surface area contributed by atoms with Crippen molar-refractivity contribution in [3.8, 4) is 0 Å². The fourth-order valence-corrected chi connectivity index (χ4v) is 0.792. The van der Waals surface area contributed by atoms with E-state index in [1.165, 1.54) is 0 Å². The lowest BCUT2D eigenvalue weighted by Gasteiger charge is -2.23. The summed E-state index contributed by atoms with van der Waals surface area (Å²) in [5, 5.41) is 7.45. The maximum atomic E-state index is 5.32. The first-order valence-corrected chi connectivity index (χ1v) is 5.00. The molecule has 0 unspecified atom stereocenters. The van der Waals surface area contributed by atoms with Crippen molar-refractivity contribution < 1.29 is 4.42 Å². The van der Waals surface area contributed by atoms with Gasteiger partial charge in [0, 0.05) is 5.92 Å². The van der Waals surface area contributed by atoms with E-state index in [9.17, 15) is 0 Å². The lowest BCUT2D eigenvalue weighted by atomic mass is 9.82. The first-order valence-electron chi connectivity index (χ1n) is 5.00. The minimum Gasteiger partial charge on any atom is -0.408 e. The lowest BCUT2D eigenvalue weighted by molar-refractivity contribution is 0.291. The van der Waals surface area contributed by atoms with Gasteiger partial charge in [-0.1, -0.05) is 46.6 Å². The van der Waals surface area contributed by atoms with E-state index in [0.29, 0.717) is 5.89 Å². The smallest absolute Gasteiger partial charge is 0.312 e. The molecule has 0 saturated heterocycles. The van der Waals surface area contributed by atoms with Crippen molar-refractivity contribution in [2.75, 3.05) is 5.73 Å². The first kappa shape index (κ1) is 12.9. The van der Waals surface area contributed by atoms with Crippen molar-refractivity contribution in [1.82, 2.24) is 10.2 Å². The molecule has 0 bridgehead atoms. The second kappa shape index (κ2) is 4.98. The van der Waals surface area contributed by atoms with E-state index < -0.39 is 0 Å². The van der Waals surface area contributed by atoms with E-state index in [1.54, 1.807) is 0 Å². The Morgan fingerprint density at radius 2 is 1.71 bits per heavy atom. The summed E-state index contributed by atoms with van der Waals surface area (Å²) in [5.41, 5.74) is 5.44. The minimum atomic E-state index is 0.124. The zero-order valence-electron chi connectivity index (χ0n) is 9.96. The molecule has 1 aromatic heterocycles. The highest BCUT2D eigenvalue weighted by molar-refractivity contribution is 5.07. The molecule has 0 spiro atoms. The standard InChI is InChI=1S/C8H15N3O.C2H6/c1-5(8(2,3)4)6-10-11-7(9)12-6;1-2/h5H,1-4H3,(H2,9,11);1-2H3/t5-;/m1./s1.